The Balaban J connectivity index is 1.91. The molecule has 3 rings (SSSR count). The third-order valence-corrected chi connectivity index (χ3v) is 3.80. The largest absolute Gasteiger partial charge is 0.313 e. The number of nitrogens with one attached hydrogen (secondary N) is 1. The quantitative estimate of drug-likeness (QED) is 0.719. The van der Waals surface area contributed by atoms with Crippen molar-refractivity contribution in [3.05, 3.63) is 59.9 Å². The van der Waals surface area contributed by atoms with Gasteiger partial charge >= 0.3 is 0 Å². The Morgan fingerprint density at radius 3 is 2.81 bits per heavy atom. The molecule has 0 unspecified atom stereocenters. The molecule has 0 saturated carbocycles. The fourth-order valence-corrected chi connectivity index (χ4v) is 2.59. The van der Waals surface area contributed by atoms with Gasteiger partial charge in [-0.1, -0.05) is 25.1 Å². The number of aromatic nitrogens is 2. The average Bonchev–Trinajstić information content (AvgIpc) is 2.93. The van der Waals surface area contributed by atoms with Crippen LogP contribution in [-0.4, -0.2) is 16.1 Å². The highest BCUT2D eigenvalue weighted by Crippen LogP contribution is 2.20. The van der Waals surface area contributed by atoms with E-state index in [1.54, 1.807) is 0 Å². The predicted molar refractivity (Wildman–Crippen MR) is 87.8 cm³/mol. The molecule has 1 aromatic heterocycles. The number of nitrogens with zero attached hydrogens (tertiary/aromatic N) is 2. The monoisotopic (exact) mass is 279 g/mol. The fourth-order valence-electron chi connectivity index (χ4n) is 2.59. The molecule has 0 aliphatic rings. The third-order valence-electron chi connectivity index (χ3n) is 3.80. The van der Waals surface area contributed by atoms with Gasteiger partial charge in [-0.25, -0.2) is 4.98 Å². The van der Waals surface area contributed by atoms with Crippen molar-refractivity contribution >= 4 is 11.0 Å². The number of benzene rings is 2. The van der Waals surface area contributed by atoms with Gasteiger partial charge in [0.25, 0.3) is 0 Å². The molecule has 2 aromatic carbocycles. The standard InChI is InChI=1S/C18H21N3/c1-3-10-19-12-15-8-9-16(11-14(15)2)21-13-20-17-6-4-5-7-18(17)21/h4-9,11,13,19H,3,10,12H2,1-2H3. The minimum absolute atomic E-state index is 0.935. The molecule has 108 valence electrons. The van der Waals surface area contributed by atoms with E-state index in [1.807, 2.05) is 18.5 Å². The van der Waals surface area contributed by atoms with Crippen molar-refractivity contribution in [3.8, 4) is 5.69 Å². The molecule has 0 aliphatic heterocycles. The van der Waals surface area contributed by atoms with Crippen LogP contribution in [0.3, 0.4) is 0 Å². The topological polar surface area (TPSA) is 29.9 Å². The summed E-state index contributed by atoms with van der Waals surface area (Å²) in [4.78, 5) is 4.46. The number of hydrogen-bond acceptors (Lipinski definition) is 2. The Morgan fingerprint density at radius 2 is 2.00 bits per heavy atom. The van der Waals surface area contributed by atoms with Gasteiger partial charge in [-0.2, -0.15) is 0 Å². The van der Waals surface area contributed by atoms with Gasteiger partial charge in [0, 0.05) is 12.2 Å². The summed E-state index contributed by atoms with van der Waals surface area (Å²) in [6.45, 7) is 6.36. The number of aryl methyl sites for hydroxylation is 1. The number of hydrogen-bond donors (Lipinski definition) is 1. The van der Waals surface area contributed by atoms with Crippen molar-refractivity contribution in [2.45, 2.75) is 26.8 Å². The molecule has 0 atom stereocenters. The van der Waals surface area contributed by atoms with Gasteiger partial charge in [-0.15, -0.1) is 0 Å². The van der Waals surface area contributed by atoms with Crippen molar-refractivity contribution in [2.24, 2.45) is 0 Å². The summed E-state index contributed by atoms with van der Waals surface area (Å²) in [5.41, 5.74) is 6.02. The van der Waals surface area contributed by atoms with Crippen LogP contribution < -0.4 is 5.32 Å². The van der Waals surface area contributed by atoms with Crippen LogP contribution in [0.1, 0.15) is 24.5 Å². The Labute approximate surface area is 125 Å². The van der Waals surface area contributed by atoms with Gasteiger partial charge < -0.3 is 5.32 Å². The summed E-state index contributed by atoms with van der Waals surface area (Å²) < 4.78 is 2.14. The summed E-state index contributed by atoms with van der Waals surface area (Å²) in [5, 5.41) is 3.46. The van der Waals surface area contributed by atoms with E-state index < -0.39 is 0 Å². The second-order valence-electron chi connectivity index (χ2n) is 5.39. The van der Waals surface area contributed by atoms with Crippen LogP contribution >= 0.6 is 0 Å². The Morgan fingerprint density at radius 1 is 1.14 bits per heavy atom. The van der Waals surface area contributed by atoms with Crippen LogP contribution in [-0.2, 0) is 6.54 Å². The number of fused-ring (bicyclic) bond motifs is 1. The third kappa shape index (κ3) is 2.83. The average molecular weight is 279 g/mol. The molecule has 0 bridgehead atoms. The van der Waals surface area contributed by atoms with Crippen molar-refractivity contribution in [2.75, 3.05) is 6.54 Å². The first-order valence-electron chi connectivity index (χ1n) is 7.52. The van der Waals surface area contributed by atoms with E-state index in [1.165, 1.54) is 16.8 Å². The van der Waals surface area contributed by atoms with Crippen LogP contribution in [0.2, 0.25) is 0 Å². The maximum atomic E-state index is 4.46. The zero-order valence-electron chi connectivity index (χ0n) is 12.6. The SMILES string of the molecule is CCCNCc1ccc(-n2cnc3ccccc32)cc1C. The van der Waals surface area contributed by atoms with E-state index in [-0.39, 0.29) is 0 Å². The minimum atomic E-state index is 0.935. The molecule has 0 spiro atoms. The Bertz CT molecular complexity index is 743. The smallest absolute Gasteiger partial charge is 0.100 e. The molecular weight excluding hydrogens is 258 g/mol. The molecule has 0 aliphatic carbocycles. The predicted octanol–water partition coefficient (Wildman–Crippen LogP) is 3.83. The lowest BCUT2D eigenvalue weighted by molar-refractivity contribution is 0.673. The van der Waals surface area contributed by atoms with Crippen molar-refractivity contribution in [3.63, 3.8) is 0 Å². The molecule has 21 heavy (non-hydrogen) atoms. The lowest BCUT2D eigenvalue weighted by Gasteiger charge is -2.10. The highest BCUT2D eigenvalue weighted by molar-refractivity contribution is 5.77. The van der Waals surface area contributed by atoms with Crippen LogP contribution in [0.15, 0.2) is 48.8 Å². The fraction of sp³-hybridized carbons (Fsp3) is 0.278. The van der Waals surface area contributed by atoms with Crippen LogP contribution in [0.25, 0.3) is 16.7 Å². The maximum absolute atomic E-state index is 4.46. The molecule has 0 amide bonds. The van der Waals surface area contributed by atoms with Gasteiger partial charge in [0.15, 0.2) is 0 Å². The number of para-hydroxylation sites is 2. The number of imidazole rings is 1. The molecule has 1 heterocycles. The minimum Gasteiger partial charge on any atom is -0.313 e. The first kappa shape index (κ1) is 13.8. The van der Waals surface area contributed by atoms with Crippen molar-refractivity contribution in [1.29, 1.82) is 0 Å². The number of rotatable bonds is 5. The molecule has 1 N–H and O–H groups in total. The van der Waals surface area contributed by atoms with Crippen molar-refractivity contribution in [1.82, 2.24) is 14.9 Å². The summed E-state index contributed by atoms with van der Waals surface area (Å²) >= 11 is 0. The second kappa shape index (κ2) is 6.10. The van der Waals surface area contributed by atoms with Crippen LogP contribution in [0, 0.1) is 6.92 Å². The molecular formula is C18H21N3. The molecule has 3 heteroatoms. The summed E-state index contributed by atoms with van der Waals surface area (Å²) in [7, 11) is 0. The Kier molecular flexibility index (Phi) is 4.02. The van der Waals surface area contributed by atoms with Crippen molar-refractivity contribution < 1.29 is 0 Å². The van der Waals surface area contributed by atoms with Crippen LogP contribution in [0.5, 0.6) is 0 Å². The molecule has 3 aromatic rings. The highest BCUT2D eigenvalue weighted by Gasteiger charge is 2.05. The first-order valence-corrected chi connectivity index (χ1v) is 7.52. The van der Waals surface area contributed by atoms with Gasteiger partial charge in [-0.3, -0.25) is 4.57 Å². The van der Waals surface area contributed by atoms with E-state index in [4.69, 9.17) is 0 Å². The van der Waals surface area contributed by atoms with Crippen LogP contribution in [0.4, 0.5) is 0 Å². The van der Waals surface area contributed by atoms with E-state index in [9.17, 15) is 0 Å². The second-order valence-corrected chi connectivity index (χ2v) is 5.39. The molecule has 0 saturated heterocycles. The summed E-state index contributed by atoms with van der Waals surface area (Å²) in [5.74, 6) is 0. The maximum Gasteiger partial charge on any atom is 0.100 e. The summed E-state index contributed by atoms with van der Waals surface area (Å²) in [6.07, 6.45) is 3.06. The molecule has 3 nitrogen and oxygen atoms in total. The van der Waals surface area contributed by atoms with Gasteiger partial charge in [-0.05, 0) is 55.3 Å². The zero-order chi connectivity index (χ0) is 14.7. The zero-order valence-corrected chi connectivity index (χ0v) is 12.6. The van der Waals surface area contributed by atoms with Gasteiger partial charge in [0.05, 0.1) is 11.0 Å². The summed E-state index contributed by atoms with van der Waals surface area (Å²) in [6, 6.07) is 14.8. The van der Waals surface area contributed by atoms with E-state index in [0.29, 0.717) is 0 Å². The normalized spacial score (nSPS) is 11.1. The van der Waals surface area contributed by atoms with Gasteiger partial charge in [0.1, 0.15) is 6.33 Å². The van der Waals surface area contributed by atoms with Gasteiger partial charge in [0.2, 0.25) is 0 Å². The first-order chi connectivity index (χ1) is 10.3. The Hall–Kier alpha value is -2.13. The van der Waals surface area contributed by atoms with E-state index in [2.05, 4.69) is 59.0 Å². The highest BCUT2D eigenvalue weighted by atomic mass is 15.0. The lowest BCUT2D eigenvalue weighted by Crippen LogP contribution is -2.14. The molecule has 0 radical (unpaired) electrons. The van der Waals surface area contributed by atoms with E-state index >= 15 is 0 Å². The molecule has 0 fully saturated rings. The van der Waals surface area contributed by atoms with E-state index in [0.717, 1.165) is 30.5 Å². The lowest BCUT2D eigenvalue weighted by atomic mass is 10.1.